The second kappa shape index (κ2) is 7.21. The molecule has 0 atom stereocenters. The minimum Gasteiger partial charge on any atom is -0.477 e. The molecule has 9 heteroatoms. The number of nitro groups is 1. The molecule has 0 spiro atoms. The van der Waals surface area contributed by atoms with Crippen molar-refractivity contribution in [3.05, 3.63) is 70.0 Å². The van der Waals surface area contributed by atoms with Crippen LogP contribution in [0.15, 0.2) is 48.7 Å². The van der Waals surface area contributed by atoms with Crippen LogP contribution in [0.5, 0.6) is 11.5 Å². The second-order valence-electron chi connectivity index (χ2n) is 6.30. The van der Waals surface area contributed by atoms with Gasteiger partial charge in [0.1, 0.15) is 11.5 Å². The van der Waals surface area contributed by atoms with Crippen molar-refractivity contribution >= 4 is 33.5 Å². The maximum atomic E-state index is 11.6. The number of hydrogen-bond donors (Lipinski definition) is 2. The van der Waals surface area contributed by atoms with Crippen LogP contribution in [-0.4, -0.2) is 33.1 Å². The molecule has 0 aliphatic rings. The lowest BCUT2D eigenvalue weighted by molar-refractivity contribution is -0.384. The van der Waals surface area contributed by atoms with Gasteiger partial charge < -0.3 is 19.6 Å². The molecule has 4 rings (SSSR count). The number of pyridine rings is 1. The van der Waals surface area contributed by atoms with Gasteiger partial charge in [-0.15, -0.1) is 0 Å². The number of nitro benzene ring substituents is 1. The Kier molecular flexibility index (Phi) is 4.57. The quantitative estimate of drug-likeness (QED) is 0.370. The van der Waals surface area contributed by atoms with Gasteiger partial charge in [0.15, 0.2) is 5.69 Å². The van der Waals surface area contributed by atoms with Crippen LogP contribution in [0.1, 0.15) is 16.1 Å². The molecule has 0 amide bonds. The molecule has 2 heterocycles. The number of methoxy groups -OCH3 is 1. The van der Waals surface area contributed by atoms with E-state index in [2.05, 4.69) is 9.97 Å². The van der Waals surface area contributed by atoms with Gasteiger partial charge in [-0.2, -0.15) is 0 Å². The van der Waals surface area contributed by atoms with E-state index in [1.165, 1.54) is 37.6 Å². The number of non-ortho nitro benzene ring substituents is 1. The Morgan fingerprint density at radius 2 is 1.90 bits per heavy atom. The minimum absolute atomic E-state index is 0.0256. The zero-order chi connectivity index (χ0) is 20.5. The van der Waals surface area contributed by atoms with E-state index in [0.717, 1.165) is 10.9 Å². The average molecular weight is 393 g/mol. The van der Waals surface area contributed by atoms with E-state index in [4.69, 9.17) is 9.47 Å². The average Bonchev–Trinajstić information content (AvgIpc) is 3.07. The number of nitrogens with one attached hydrogen (secondary N) is 1. The standard InChI is InChI=1S/C20H15N3O6/c1-28-10-15-18-14-8-13(29-12-4-2-11(3-5-12)23(26)27)6-7-16(14)22-17(18)9-21-19(15)20(24)25/h2-9,22H,10H2,1H3,(H,24,25). The highest BCUT2D eigenvalue weighted by Gasteiger charge is 2.19. The first-order valence-corrected chi connectivity index (χ1v) is 8.56. The first-order valence-electron chi connectivity index (χ1n) is 8.56. The van der Waals surface area contributed by atoms with E-state index in [9.17, 15) is 20.0 Å². The fraction of sp³-hybridized carbons (Fsp3) is 0.100. The maximum Gasteiger partial charge on any atom is 0.354 e. The summed E-state index contributed by atoms with van der Waals surface area (Å²) in [6, 6.07) is 11.1. The molecule has 0 aliphatic heterocycles. The van der Waals surface area contributed by atoms with Gasteiger partial charge >= 0.3 is 5.97 Å². The Hall–Kier alpha value is -3.98. The second-order valence-corrected chi connectivity index (χ2v) is 6.30. The van der Waals surface area contributed by atoms with Crippen LogP contribution in [0.25, 0.3) is 21.8 Å². The summed E-state index contributed by atoms with van der Waals surface area (Å²) in [7, 11) is 1.49. The van der Waals surface area contributed by atoms with E-state index in [1.807, 2.05) is 6.07 Å². The van der Waals surface area contributed by atoms with E-state index in [1.54, 1.807) is 12.1 Å². The van der Waals surface area contributed by atoms with Crippen molar-refractivity contribution in [1.82, 2.24) is 9.97 Å². The summed E-state index contributed by atoms with van der Waals surface area (Å²) < 4.78 is 11.0. The maximum absolute atomic E-state index is 11.6. The van der Waals surface area contributed by atoms with Crippen molar-refractivity contribution in [2.75, 3.05) is 7.11 Å². The summed E-state index contributed by atoms with van der Waals surface area (Å²) in [6.07, 6.45) is 1.48. The molecule has 0 saturated carbocycles. The first kappa shape index (κ1) is 18.4. The SMILES string of the molecule is COCc1c(C(=O)O)ncc2[nH]c3ccc(Oc4ccc([N+](=O)[O-])cc4)cc3c12. The first-order chi connectivity index (χ1) is 14.0. The van der Waals surface area contributed by atoms with Crippen molar-refractivity contribution in [3.8, 4) is 11.5 Å². The Labute approximate surface area is 163 Å². The Balaban J connectivity index is 1.81. The largest absolute Gasteiger partial charge is 0.477 e. The molecule has 0 aliphatic carbocycles. The molecule has 29 heavy (non-hydrogen) atoms. The van der Waals surface area contributed by atoms with Gasteiger partial charge in [0.2, 0.25) is 0 Å². The molecule has 2 aromatic heterocycles. The highest BCUT2D eigenvalue weighted by molar-refractivity contribution is 6.11. The third kappa shape index (κ3) is 3.34. The molecule has 146 valence electrons. The fourth-order valence-electron chi connectivity index (χ4n) is 3.24. The van der Waals surface area contributed by atoms with Crippen LogP contribution in [0.4, 0.5) is 5.69 Å². The van der Waals surface area contributed by atoms with Gasteiger partial charge in [0, 0.05) is 41.1 Å². The third-order valence-electron chi connectivity index (χ3n) is 4.48. The van der Waals surface area contributed by atoms with Gasteiger partial charge in [-0.25, -0.2) is 9.78 Å². The van der Waals surface area contributed by atoms with Crippen molar-refractivity contribution < 1.29 is 24.3 Å². The molecule has 0 fully saturated rings. The number of nitrogens with zero attached hydrogens (tertiary/aromatic N) is 2. The number of benzene rings is 2. The molecule has 2 N–H and O–H groups in total. The van der Waals surface area contributed by atoms with E-state index < -0.39 is 10.9 Å². The number of aromatic carboxylic acids is 1. The smallest absolute Gasteiger partial charge is 0.354 e. The number of hydrogen-bond acceptors (Lipinski definition) is 6. The molecule has 0 bridgehead atoms. The fourth-order valence-corrected chi connectivity index (χ4v) is 3.24. The van der Waals surface area contributed by atoms with Crippen LogP contribution < -0.4 is 4.74 Å². The van der Waals surface area contributed by atoms with Crippen molar-refractivity contribution in [2.45, 2.75) is 6.61 Å². The number of rotatable bonds is 6. The molecular weight excluding hydrogens is 378 g/mol. The van der Waals surface area contributed by atoms with E-state index >= 15 is 0 Å². The molecule has 4 aromatic rings. The van der Waals surface area contributed by atoms with Crippen LogP contribution in [0, 0.1) is 10.1 Å². The van der Waals surface area contributed by atoms with Crippen molar-refractivity contribution in [1.29, 1.82) is 0 Å². The van der Waals surface area contributed by atoms with E-state index in [-0.39, 0.29) is 18.0 Å². The number of aromatic amines is 1. The number of fused-ring (bicyclic) bond motifs is 3. The number of carboxylic acids is 1. The summed E-state index contributed by atoms with van der Waals surface area (Å²) in [5, 5.41) is 21.7. The number of aromatic nitrogens is 2. The lowest BCUT2D eigenvalue weighted by atomic mass is 10.1. The summed E-state index contributed by atoms with van der Waals surface area (Å²) in [5.74, 6) is -0.185. The molecule has 0 saturated heterocycles. The minimum atomic E-state index is -1.13. The Bertz CT molecular complexity index is 1250. The van der Waals surface area contributed by atoms with Crippen molar-refractivity contribution in [3.63, 3.8) is 0 Å². The zero-order valence-corrected chi connectivity index (χ0v) is 15.2. The normalized spacial score (nSPS) is 11.1. The van der Waals surface area contributed by atoms with Gasteiger partial charge in [0.05, 0.1) is 23.2 Å². The van der Waals surface area contributed by atoms with Crippen LogP contribution in [-0.2, 0) is 11.3 Å². The summed E-state index contributed by atoms with van der Waals surface area (Å²) >= 11 is 0. The molecule has 0 radical (unpaired) electrons. The lowest BCUT2D eigenvalue weighted by Gasteiger charge is -2.08. The number of carbonyl (C=O) groups is 1. The number of ether oxygens (including phenoxy) is 2. The third-order valence-corrected chi connectivity index (χ3v) is 4.48. The van der Waals surface area contributed by atoms with Crippen LogP contribution in [0.2, 0.25) is 0 Å². The van der Waals surface area contributed by atoms with Gasteiger partial charge in [-0.3, -0.25) is 10.1 Å². The highest BCUT2D eigenvalue weighted by atomic mass is 16.6. The zero-order valence-electron chi connectivity index (χ0n) is 15.2. The Morgan fingerprint density at radius 3 is 2.55 bits per heavy atom. The molecule has 0 unspecified atom stereocenters. The Morgan fingerprint density at radius 1 is 1.17 bits per heavy atom. The summed E-state index contributed by atoms with van der Waals surface area (Å²) in [6.45, 7) is 0.0896. The predicted octanol–water partition coefficient (Wildman–Crippen LogP) is 4.26. The monoisotopic (exact) mass is 393 g/mol. The van der Waals surface area contributed by atoms with Crippen LogP contribution in [0.3, 0.4) is 0 Å². The molecule has 2 aromatic carbocycles. The van der Waals surface area contributed by atoms with E-state index in [0.29, 0.717) is 28.0 Å². The molecular formula is C20H15N3O6. The lowest BCUT2D eigenvalue weighted by Crippen LogP contribution is -2.07. The highest BCUT2D eigenvalue weighted by Crippen LogP contribution is 2.34. The van der Waals surface area contributed by atoms with Gasteiger partial charge in [-0.05, 0) is 30.3 Å². The van der Waals surface area contributed by atoms with Crippen molar-refractivity contribution in [2.24, 2.45) is 0 Å². The number of carboxylic acid groups (broad SMARTS) is 1. The van der Waals surface area contributed by atoms with Gasteiger partial charge in [-0.1, -0.05) is 0 Å². The van der Waals surface area contributed by atoms with Crippen LogP contribution >= 0.6 is 0 Å². The predicted molar refractivity (Wildman–Crippen MR) is 104 cm³/mol. The summed E-state index contributed by atoms with van der Waals surface area (Å²) in [5.41, 5.74) is 1.85. The van der Waals surface area contributed by atoms with Gasteiger partial charge in [0.25, 0.3) is 5.69 Å². The molecule has 9 nitrogen and oxygen atoms in total. The topological polar surface area (TPSA) is 128 Å². The summed E-state index contributed by atoms with van der Waals surface area (Å²) in [4.78, 5) is 29.1. The number of H-pyrrole nitrogens is 1.